The van der Waals surface area contributed by atoms with Gasteiger partial charge >= 0.3 is 0 Å². The SMILES string of the molecule is CCN(C(C)=O)C1CCC(CC2CCC(C)CC2)CC1. The van der Waals surface area contributed by atoms with Crippen LogP contribution in [0, 0.1) is 17.8 Å². The molecule has 0 radical (unpaired) electrons. The fourth-order valence-electron chi connectivity index (χ4n) is 4.47. The molecule has 2 saturated carbocycles. The molecular weight excluding hydrogens is 246 g/mol. The van der Waals surface area contributed by atoms with Crippen LogP contribution in [0.3, 0.4) is 0 Å². The Morgan fingerprint density at radius 1 is 0.950 bits per heavy atom. The average Bonchev–Trinajstić information content (AvgIpc) is 2.44. The first-order valence-electron chi connectivity index (χ1n) is 8.87. The highest BCUT2D eigenvalue weighted by Gasteiger charge is 2.28. The first kappa shape index (κ1) is 15.9. The molecule has 2 nitrogen and oxygen atoms in total. The second kappa shape index (κ2) is 7.47. The van der Waals surface area contributed by atoms with Crippen molar-refractivity contribution in [3.63, 3.8) is 0 Å². The predicted octanol–water partition coefficient (Wildman–Crippen LogP) is 4.63. The van der Waals surface area contributed by atoms with Crippen molar-refractivity contribution in [3.05, 3.63) is 0 Å². The van der Waals surface area contributed by atoms with Crippen molar-refractivity contribution in [2.45, 2.75) is 84.6 Å². The molecule has 0 unspecified atom stereocenters. The summed E-state index contributed by atoms with van der Waals surface area (Å²) in [5, 5.41) is 0. The molecule has 0 aromatic heterocycles. The number of hydrogen-bond donors (Lipinski definition) is 0. The third-order valence-electron chi connectivity index (χ3n) is 5.80. The van der Waals surface area contributed by atoms with E-state index in [0.29, 0.717) is 6.04 Å². The van der Waals surface area contributed by atoms with Crippen LogP contribution in [0.2, 0.25) is 0 Å². The lowest BCUT2D eigenvalue weighted by molar-refractivity contribution is -0.131. The summed E-state index contributed by atoms with van der Waals surface area (Å²) in [6, 6.07) is 0.528. The quantitative estimate of drug-likeness (QED) is 0.734. The van der Waals surface area contributed by atoms with Gasteiger partial charge in [0.1, 0.15) is 0 Å². The highest BCUT2D eigenvalue weighted by Crippen LogP contribution is 2.37. The lowest BCUT2D eigenvalue weighted by Crippen LogP contribution is -2.41. The molecule has 0 bridgehead atoms. The van der Waals surface area contributed by atoms with Gasteiger partial charge in [-0.1, -0.05) is 32.6 Å². The molecule has 2 heteroatoms. The van der Waals surface area contributed by atoms with E-state index in [1.807, 2.05) is 0 Å². The lowest BCUT2D eigenvalue weighted by Gasteiger charge is -2.37. The van der Waals surface area contributed by atoms with Gasteiger partial charge in [0.15, 0.2) is 0 Å². The topological polar surface area (TPSA) is 20.3 Å². The Bertz CT molecular complexity index is 299. The number of amides is 1. The summed E-state index contributed by atoms with van der Waals surface area (Å²) in [7, 11) is 0. The third-order valence-corrected chi connectivity index (χ3v) is 5.80. The summed E-state index contributed by atoms with van der Waals surface area (Å²) >= 11 is 0. The van der Waals surface area contributed by atoms with Crippen molar-refractivity contribution in [3.8, 4) is 0 Å². The van der Waals surface area contributed by atoms with Gasteiger partial charge in [-0.3, -0.25) is 4.79 Å². The first-order valence-corrected chi connectivity index (χ1v) is 8.87. The minimum atomic E-state index is 0.261. The average molecular weight is 279 g/mol. The van der Waals surface area contributed by atoms with Gasteiger partial charge in [0.05, 0.1) is 0 Å². The van der Waals surface area contributed by atoms with Crippen LogP contribution in [0.25, 0.3) is 0 Å². The van der Waals surface area contributed by atoms with E-state index in [4.69, 9.17) is 0 Å². The van der Waals surface area contributed by atoms with Gasteiger partial charge in [-0.2, -0.15) is 0 Å². The van der Waals surface area contributed by atoms with Crippen molar-refractivity contribution < 1.29 is 4.79 Å². The molecule has 0 aliphatic heterocycles. The van der Waals surface area contributed by atoms with Crippen LogP contribution in [0.5, 0.6) is 0 Å². The van der Waals surface area contributed by atoms with E-state index >= 15 is 0 Å². The zero-order chi connectivity index (χ0) is 14.5. The van der Waals surface area contributed by atoms with E-state index in [2.05, 4.69) is 18.7 Å². The summed E-state index contributed by atoms with van der Waals surface area (Å²) in [6.45, 7) is 7.11. The standard InChI is InChI=1S/C18H33NO/c1-4-19(15(3)20)18-11-9-17(10-12-18)13-16-7-5-14(2)6-8-16/h14,16-18H,4-13H2,1-3H3. The Labute approximate surface area is 125 Å². The van der Waals surface area contributed by atoms with Crippen molar-refractivity contribution in [1.82, 2.24) is 4.90 Å². The number of carbonyl (C=O) groups is 1. The van der Waals surface area contributed by atoms with Crippen LogP contribution in [0.4, 0.5) is 0 Å². The maximum atomic E-state index is 11.6. The third kappa shape index (κ3) is 4.23. The highest BCUT2D eigenvalue weighted by molar-refractivity contribution is 5.73. The summed E-state index contributed by atoms with van der Waals surface area (Å²) < 4.78 is 0. The molecule has 20 heavy (non-hydrogen) atoms. The van der Waals surface area contributed by atoms with E-state index in [-0.39, 0.29) is 5.91 Å². The molecule has 2 fully saturated rings. The Hall–Kier alpha value is -0.530. The van der Waals surface area contributed by atoms with Crippen LogP contribution in [-0.4, -0.2) is 23.4 Å². The molecule has 0 atom stereocenters. The Morgan fingerprint density at radius 3 is 1.90 bits per heavy atom. The zero-order valence-corrected chi connectivity index (χ0v) is 13.7. The van der Waals surface area contributed by atoms with Gasteiger partial charge in [-0.25, -0.2) is 0 Å². The van der Waals surface area contributed by atoms with Gasteiger partial charge < -0.3 is 4.90 Å². The maximum Gasteiger partial charge on any atom is 0.219 e. The van der Waals surface area contributed by atoms with Crippen molar-refractivity contribution >= 4 is 5.91 Å². The Morgan fingerprint density at radius 2 is 1.45 bits per heavy atom. The monoisotopic (exact) mass is 279 g/mol. The summed E-state index contributed by atoms with van der Waals surface area (Å²) in [6.07, 6.45) is 12.5. The fourth-order valence-corrected chi connectivity index (χ4v) is 4.47. The second-order valence-electron chi connectivity index (χ2n) is 7.34. The first-order chi connectivity index (χ1) is 9.60. The van der Waals surface area contributed by atoms with E-state index in [1.165, 1.54) is 57.8 Å². The molecule has 2 rings (SSSR count). The van der Waals surface area contributed by atoms with Crippen molar-refractivity contribution in [2.24, 2.45) is 17.8 Å². The fraction of sp³-hybridized carbons (Fsp3) is 0.944. The highest BCUT2D eigenvalue weighted by atomic mass is 16.2. The minimum Gasteiger partial charge on any atom is -0.340 e. The predicted molar refractivity (Wildman–Crippen MR) is 84.5 cm³/mol. The van der Waals surface area contributed by atoms with Crippen molar-refractivity contribution in [1.29, 1.82) is 0 Å². The second-order valence-corrected chi connectivity index (χ2v) is 7.34. The molecule has 1 amide bonds. The zero-order valence-electron chi connectivity index (χ0n) is 13.7. The molecule has 0 N–H and O–H groups in total. The van der Waals surface area contributed by atoms with Gasteiger partial charge in [0, 0.05) is 19.5 Å². The number of hydrogen-bond acceptors (Lipinski definition) is 1. The van der Waals surface area contributed by atoms with Crippen LogP contribution >= 0.6 is 0 Å². The van der Waals surface area contributed by atoms with E-state index in [0.717, 1.165) is 24.3 Å². The lowest BCUT2D eigenvalue weighted by atomic mass is 9.74. The van der Waals surface area contributed by atoms with Gasteiger partial charge in [-0.15, -0.1) is 0 Å². The molecular formula is C18H33NO. The maximum absolute atomic E-state index is 11.6. The molecule has 2 aliphatic carbocycles. The number of nitrogens with zero attached hydrogens (tertiary/aromatic N) is 1. The van der Waals surface area contributed by atoms with Gasteiger partial charge in [0.2, 0.25) is 5.91 Å². The smallest absolute Gasteiger partial charge is 0.219 e. The van der Waals surface area contributed by atoms with Gasteiger partial charge in [-0.05, 0) is 56.8 Å². The van der Waals surface area contributed by atoms with Crippen molar-refractivity contribution in [2.75, 3.05) is 6.54 Å². The normalized spacial score (nSPS) is 34.8. The van der Waals surface area contributed by atoms with Crippen LogP contribution in [0.1, 0.15) is 78.6 Å². The molecule has 0 heterocycles. The summed E-state index contributed by atoms with van der Waals surface area (Å²) in [4.78, 5) is 13.7. The largest absolute Gasteiger partial charge is 0.340 e. The van der Waals surface area contributed by atoms with Crippen LogP contribution in [-0.2, 0) is 4.79 Å². The Balaban J connectivity index is 1.72. The Kier molecular flexibility index (Phi) is 5.92. The summed E-state index contributed by atoms with van der Waals surface area (Å²) in [5.74, 6) is 3.17. The van der Waals surface area contributed by atoms with Crippen LogP contribution < -0.4 is 0 Å². The van der Waals surface area contributed by atoms with E-state index in [1.54, 1.807) is 6.92 Å². The molecule has 116 valence electrons. The van der Waals surface area contributed by atoms with Crippen LogP contribution in [0.15, 0.2) is 0 Å². The van der Waals surface area contributed by atoms with E-state index in [9.17, 15) is 4.79 Å². The molecule has 0 saturated heterocycles. The van der Waals surface area contributed by atoms with E-state index < -0.39 is 0 Å². The van der Waals surface area contributed by atoms with Gasteiger partial charge in [0.25, 0.3) is 0 Å². The molecule has 0 aromatic carbocycles. The summed E-state index contributed by atoms with van der Waals surface area (Å²) in [5.41, 5.74) is 0. The number of rotatable bonds is 4. The minimum absolute atomic E-state index is 0.261. The molecule has 0 aromatic rings. The molecule has 2 aliphatic rings. The number of carbonyl (C=O) groups excluding carboxylic acids is 1. The molecule has 0 spiro atoms.